The summed E-state index contributed by atoms with van der Waals surface area (Å²) in [6.07, 6.45) is 7.78. The molecule has 19 heavy (non-hydrogen) atoms. The molecule has 2 heterocycles. The number of piperidine rings is 1. The molecule has 4 heteroatoms. The van der Waals surface area contributed by atoms with Gasteiger partial charge < -0.3 is 4.90 Å². The molecule has 0 atom stereocenters. The van der Waals surface area contributed by atoms with Crippen molar-refractivity contribution in [3.8, 4) is 0 Å². The van der Waals surface area contributed by atoms with Gasteiger partial charge >= 0.3 is 0 Å². The number of aromatic nitrogens is 1. The molecule has 1 fully saturated rings. The van der Waals surface area contributed by atoms with Crippen molar-refractivity contribution in [2.75, 3.05) is 33.7 Å². The molecular weight excluding hydrogens is 241 g/mol. The van der Waals surface area contributed by atoms with Crippen LogP contribution in [0.15, 0.2) is 24.4 Å². The fourth-order valence-corrected chi connectivity index (χ4v) is 2.43. The SMILES string of the molecule is CN(C)C1CCN(C/C=C/c2ccc(F)cn2)CC1. The quantitative estimate of drug-likeness (QED) is 0.830. The van der Waals surface area contributed by atoms with E-state index in [4.69, 9.17) is 0 Å². The third-order valence-corrected chi connectivity index (χ3v) is 3.69. The van der Waals surface area contributed by atoms with E-state index in [2.05, 4.69) is 35.0 Å². The van der Waals surface area contributed by atoms with E-state index in [1.807, 2.05) is 6.08 Å². The van der Waals surface area contributed by atoms with Gasteiger partial charge in [-0.05, 0) is 58.2 Å². The average molecular weight is 263 g/mol. The van der Waals surface area contributed by atoms with Crippen molar-refractivity contribution in [3.05, 3.63) is 35.9 Å². The highest BCUT2D eigenvalue weighted by Crippen LogP contribution is 2.14. The van der Waals surface area contributed by atoms with Gasteiger partial charge in [-0.2, -0.15) is 0 Å². The van der Waals surface area contributed by atoms with Crippen LogP contribution in [-0.2, 0) is 0 Å². The van der Waals surface area contributed by atoms with Crippen LogP contribution in [0.4, 0.5) is 4.39 Å². The summed E-state index contributed by atoms with van der Waals surface area (Å²) in [7, 11) is 4.31. The van der Waals surface area contributed by atoms with E-state index < -0.39 is 0 Å². The van der Waals surface area contributed by atoms with Crippen LogP contribution in [0.5, 0.6) is 0 Å². The lowest BCUT2D eigenvalue weighted by Gasteiger charge is -2.34. The summed E-state index contributed by atoms with van der Waals surface area (Å²) in [5.41, 5.74) is 0.810. The van der Waals surface area contributed by atoms with Gasteiger partial charge in [0.1, 0.15) is 5.82 Å². The fraction of sp³-hybridized carbons (Fsp3) is 0.533. The van der Waals surface area contributed by atoms with Crippen molar-refractivity contribution in [1.29, 1.82) is 0 Å². The van der Waals surface area contributed by atoms with Crippen molar-refractivity contribution in [2.24, 2.45) is 0 Å². The minimum atomic E-state index is -0.289. The molecule has 1 aromatic heterocycles. The average Bonchev–Trinajstić information content (AvgIpc) is 2.41. The van der Waals surface area contributed by atoms with E-state index in [0.717, 1.165) is 31.4 Å². The zero-order chi connectivity index (χ0) is 13.7. The monoisotopic (exact) mass is 263 g/mol. The lowest BCUT2D eigenvalue weighted by Crippen LogP contribution is -2.41. The second-order valence-corrected chi connectivity index (χ2v) is 5.30. The molecular formula is C15H22FN3. The van der Waals surface area contributed by atoms with Crippen LogP contribution < -0.4 is 0 Å². The van der Waals surface area contributed by atoms with Gasteiger partial charge in [-0.1, -0.05) is 6.08 Å². The minimum absolute atomic E-state index is 0.289. The number of halogens is 1. The Morgan fingerprint density at radius 3 is 2.68 bits per heavy atom. The molecule has 1 saturated heterocycles. The predicted molar refractivity (Wildman–Crippen MR) is 76.4 cm³/mol. The Kier molecular flexibility index (Phi) is 5.05. The highest BCUT2D eigenvalue weighted by molar-refractivity contribution is 5.44. The first-order valence-electron chi connectivity index (χ1n) is 6.82. The van der Waals surface area contributed by atoms with E-state index in [0.29, 0.717) is 0 Å². The number of nitrogens with zero attached hydrogens (tertiary/aromatic N) is 3. The highest BCUT2D eigenvalue weighted by Gasteiger charge is 2.19. The Morgan fingerprint density at radius 2 is 2.11 bits per heavy atom. The summed E-state index contributed by atoms with van der Waals surface area (Å²) in [6, 6.07) is 3.86. The van der Waals surface area contributed by atoms with Crippen molar-refractivity contribution in [2.45, 2.75) is 18.9 Å². The maximum atomic E-state index is 12.7. The smallest absolute Gasteiger partial charge is 0.141 e. The summed E-state index contributed by atoms with van der Waals surface area (Å²) in [4.78, 5) is 8.77. The summed E-state index contributed by atoms with van der Waals surface area (Å²) in [5, 5.41) is 0. The molecule has 0 N–H and O–H groups in total. The lowest BCUT2D eigenvalue weighted by atomic mass is 10.0. The first kappa shape index (κ1) is 14.2. The second kappa shape index (κ2) is 6.78. The molecule has 1 aliphatic rings. The molecule has 0 aromatic carbocycles. The van der Waals surface area contributed by atoms with Gasteiger partial charge in [0, 0.05) is 12.6 Å². The van der Waals surface area contributed by atoms with Gasteiger partial charge in [0.15, 0.2) is 0 Å². The van der Waals surface area contributed by atoms with Crippen LogP contribution in [0.25, 0.3) is 6.08 Å². The van der Waals surface area contributed by atoms with Crippen LogP contribution in [0.2, 0.25) is 0 Å². The topological polar surface area (TPSA) is 19.4 Å². The fourth-order valence-electron chi connectivity index (χ4n) is 2.43. The Bertz CT molecular complexity index is 406. The van der Waals surface area contributed by atoms with E-state index in [1.54, 1.807) is 6.07 Å². The van der Waals surface area contributed by atoms with Crippen molar-refractivity contribution in [1.82, 2.24) is 14.8 Å². The summed E-state index contributed by atoms with van der Waals surface area (Å²) in [5.74, 6) is -0.289. The van der Waals surface area contributed by atoms with Gasteiger partial charge in [-0.25, -0.2) is 4.39 Å². The van der Waals surface area contributed by atoms with E-state index >= 15 is 0 Å². The summed E-state index contributed by atoms with van der Waals surface area (Å²) >= 11 is 0. The Morgan fingerprint density at radius 1 is 1.37 bits per heavy atom. The zero-order valence-corrected chi connectivity index (χ0v) is 11.7. The Labute approximate surface area is 114 Å². The van der Waals surface area contributed by atoms with Gasteiger partial charge in [0.25, 0.3) is 0 Å². The number of hydrogen-bond acceptors (Lipinski definition) is 3. The zero-order valence-electron chi connectivity index (χ0n) is 11.7. The van der Waals surface area contributed by atoms with Crippen molar-refractivity contribution in [3.63, 3.8) is 0 Å². The molecule has 0 spiro atoms. The third-order valence-electron chi connectivity index (χ3n) is 3.69. The molecule has 1 aliphatic heterocycles. The van der Waals surface area contributed by atoms with Gasteiger partial charge in [-0.3, -0.25) is 9.88 Å². The summed E-state index contributed by atoms with van der Waals surface area (Å²) in [6.45, 7) is 3.23. The maximum Gasteiger partial charge on any atom is 0.141 e. The van der Waals surface area contributed by atoms with E-state index in [-0.39, 0.29) is 5.82 Å². The van der Waals surface area contributed by atoms with Crippen molar-refractivity contribution >= 4 is 6.08 Å². The van der Waals surface area contributed by atoms with Gasteiger partial charge in [-0.15, -0.1) is 0 Å². The predicted octanol–water partition coefficient (Wildman–Crippen LogP) is 2.26. The van der Waals surface area contributed by atoms with Crippen LogP contribution in [0.3, 0.4) is 0 Å². The molecule has 104 valence electrons. The minimum Gasteiger partial charge on any atom is -0.306 e. The maximum absolute atomic E-state index is 12.7. The standard InChI is InChI=1S/C15H22FN3/c1-18(2)15-7-10-19(11-8-15)9-3-4-14-6-5-13(16)12-17-14/h3-6,12,15H,7-11H2,1-2H3/b4-3+. The summed E-state index contributed by atoms with van der Waals surface area (Å²) < 4.78 is 12.7. The molecule has 0 radical (unpaired) electrons. The number of likely N-dealkylation sites (tertiary alicyclic amines) is 1. The normalized spacial score (nSPS) is 18.5. The van der Waals surface area contributed by atoms with Gasteiger partial charge in [0.05, 0.1) is 11.9 Å². The van der Waals surface area contributed by atoms with Crippen LogP contribution in [-0.4, -0.2) is 54.6 Å². The Hall–Kier alpha value is -1.26. The molecule has 1 aromatic rings. The number of hydrogen-bond donors (Lipinski definition) is 0. The molecule has 2 rings (SSSR count). The molecule has 0 saturated carbocycles. The largest absolute Gasteiger partial charge is 0.306 e. The van der Waals surface area contributed by atoms with Gasteiger partial charge in [0.2, 0.25) is 0 Å². The lowest BCUT2D eigenvalue weighted by molar-refractivity contribution is 0.155. The number of rotatable bonds is 4. The highest BCUT2D eigenvalue weighted by atomic mass is 19.1. The Balaban J connectivity index is 1.76. The second-order valence-electron chi connectivity index (χ2n) is 5.30. The third kappa shape index (κ3) is 4.40. The van der Waals surface area contributed by atoms with Crippen LogP contribution >= 0.6 is 0 Å². The van der Waals surface area contributed by atoms with E-state index in [9.17, 15) is 4.39 Å². The first-order chi connectivity index (χ1) is 9.15. The molecule has 0 bridgehead atoms. The number of pyridine rings is 1. The van der Waals surface area contributed by atoms with E-state index in [1.165, 1.54) is 25.1 Å². The molecule has 0 unspecified atom stereocenters. The molecule has 0 aliphatic carbocycles. The van der Waals surface area contributed by atoms with Crippen LogP contribution in [0.1, 0.15) is 18.5 Å². The van der Waals surface area contributed by atoms with Crippen LogP contribution in [0, 0.1) is 5.82 Å². The first-order valence-corrected chi connectivity index (χ1v) is 6.82. The molecule has 3 nitrogen and oxygen atoms in total. The van der Waals surface area contributed by atoms with Crippen molar-refractivity contribution < 1.29 is 4.39 Å². The molecule has 0 amide bonds.